The molecular formula is C18H21N3O. The molecule has 0 saturated carbocycles. The molecule has 1 aliphatic heterocycles. The molecule has 1 atom stereocenters. The number of anilines is 2. The molecule has 22 heavy (non-hydrogen) atoms. The van der Waals surface area contributed by atoms with Gasteiger partial charge in [-0.2, -0.15) is 0 Å². The zero-order chi connectivity index (χ0) is 15.7. The Morgan fingerprint density at radius 2 is 2.05 bits per heavy atom. The number of aliphatic imine (C=N–C) groups is 1. The number of hydrogen-bond donors (Lipinski definition) is 2. The maximum absolute atomic E-state index is 6.04. The highest BCUT2D eigenvalue weighted by Crippen LogP contribution is 2.33. The van der Waals surface area contributed by atoms with Crippen LogP contribution in [0.15, 0.2) is 41.4 Å². The summed E-state index contributed by atoms with van der Waals surface area (Å²) in [5.74, 6) is 1.63. The van der Waals surface area contributed by atoms with Crippen molar-refractivity contribution in [3.63, 3.8) is 0 Å². The van der Waals surface area contributed by atoms with Crippen molar-refractivity contribution in [2.75, 3.05) is 11.1 Å². The Bertz CT molecular complexity index is 737. The van der Waals surface area contributed by atoms with Crippen molar-refractivity contribution in [3.8, 4) is 5.75 Å². The van der Waals surface area contributed by atoms with E-state index in [-0.39, 0.29) is 6.10 Å². The first-order valence-electron chi connectivity index (χ1n) is 7.56. The van der Waals surface area contributed by atoms with Crippen LogP contribution in [-0.2, 0) is 0 Å². The fourth-order valence-electron chi connectivity index (χ4n) is 2.53. The van der Waals surface area contributed by atoms with Gasteiger partial charge in [-0.15, -0.1) is 0 Å². The van der Waals surface area contributed by atoms with E-state index < -0.39 is 0 Å². The van der Waals surface area contributed by atoms with Crippen LogP contribution in [0.2, 0.25) is 0 Å². The maximum Gasteiger partial charge on any atom is 0.156 e. The number of rotatable bonds is 2. The first-order valence-corrected chi connectivity index (χ1v) is 7.56. The Kier molecular flexibility index (Phi) is 3.75. The number of nitrogen functional groups attached to an aromatic ring is 1. The third-order valence-electron chi connectivity index (χ3n) is 4.03. The van der Waals surface area contributed by atoms with Crippen LogP contribution in [0.25, 0.3) is 0 Å². The van der Waals surface area contributed by atoms with Crippen LogP contribution in [-0.4, -0.2) is 11.9 Å². The van der Waals surface area contributed by atoms with Crippen LogP contribution < -0.4 is 15.8 Å². The zero-order valence-electron chi connectivity index (χ0n) is 13.2. The first kappa shape index (κ1) is 14.4. The molecular weight excluding hydrogens is 274 g/mol. The van der Waals surface area contributed by atoms with E-state index in [1.54, 1.807) is 0 Å². The lowest BCUT2D eigenvalue weighted by Gasteiger charge is -2.28. The van der Waals surface area contributed by atoms with E-state index in [1.807, 2.05) is 30.3 Å². The summed E-state index contributed by atoms with van der Waals surface area (Å²) in [6.07, 6.45) is 0.750. The standard InChI is InChI=1S/C18H21N3O/c1-4-16-18(20-14-7-5-6-11(2)12(14)3)21-15-9-8-13(19)10-17(15)22-16/h5-10,16H,4,19H2,1-3H3,(H,20,21). The van der Waals surface area contributed by atoms with Crippen LogP contribution in [0, 0.1) is 13.8 Å². The fraction of sp³-hybridized carbons (Fsp3) is 0.278. The third-order valence-corrected chi connectivity index (χ3v) is 4.03. The number of amidine groups is 1. The van der Waals surface area contributed by atoms with Crippen LogP contribution in [0.3, 0.4) is 0 Å². The minimum Gasteiger partial charge on any atom is -0.480 e. The molecule has 1 unspecified atom stereocenters. The van der Waals surface area contributed by atoms with Gasteiger partial charge in [-0.05, 0) is 49.6 Å². The maximum atomic E-state index is 6.04. The summed E-state index contributed by atoms with van der Waals surface area (Å²) in [5.41, 5.74) is 10.8. The lowest BCUT2D eigenvalue weighted by Crippen LogP contribution is -2.36. The van der Waals surface area contributed by atoms with Gasteiger partial charge in [0.2, 0.25) is 0 Å². The number of nitrogens with two attached hydrogens (primary N) is 1. The zero-order valence-corrected chi connectivity index (χ0v) is 13.2. The molecule has 0 aliphatic carbocycles. The summed E-state index contributed by atoms with van der Waals surface area (Å²) in [5, 5.41) is 3.39. The summed E-state index contributed by atoms with van der Waals surface area (Å²) in [7, 11) is 0. The second-order valence-corrected chi connectivity index (χ2v) is 5.61. The summed E-state index contributed by atoms with van der Waals surface area (Å²) in [6, 6.07) is 11.8. The van der Waals surface area contributed by atoms with Crippen molar-refractivity contribution >= 4 is 22.9 Å². The van der Waals surface area contributed by atoms with Crippen molar-refractivity contribution in [1.29, 1.82) is 0 Å². The van der Waals surface area contributed by atoms with Gasteiger partial charge in [0.1, 0.15) is 11.6 Å². The van der Waals surface area contributed by atoms with E-state index in [9.17, 15) is 0 Å². The second kappa shape index (κ2) is 5.72. The average molecular weight is 295 g/mol. The van der Waals surface area contributed by atoms with Gasteiger partial charge in [-0.1, -0.05) is 19.1 Å². The molecule has 1 heterocycles. The summed E-state index contributed by atoms with van der Waals surface area (Å²) in [4.78, 5) is 4.80. The topological polar surface area (TPSA) is 59.6 Å². The first-order chi connectivity index (χ1) is 10.6. The van der Waals surface area contributed by atoms with Crippen molar-refractivity contribution in [1.82, 2.24) is 0 Å². The Morgan fingerprint density at radius 3 is 2.82 bits per heavy atom. The predicted molar refractivity (Wildman–Crippen MR) is 92.2 cm³/mol. The Morgan fingerprint density at radius 1 is 1.23 bits per heavy atom. The summed E-state index contributed by atoms with van der Waals surface area (Å²) in [6.45, 7) is 6.27. The normalized spacial score (nSPS) is 18.5. The lowest BCUT2D eigenvalue weighted by molar-refractivity contribution is 0.259. The largest absolute Gasteiger partial charge is 0.480 e. The monoisotopic (exact) mass is 295 g/mol. The molecule has 1 aliphatic rings. The van der Waals surface area contributed by atoms with E-state index >= 15 is 0 Å². The Hall–Kier alpha value is -2.49. The Balaban J connectivity index is 2.01. The molecule has 0 amide bonds. The molecule has 0 spiro atoms. The van der Waals surface area contributed by atoms with E-state index in [1.165, 1.54) is 11.1 Å². The number of nitrogens with one attached hydrogen (secondary N) is 1. The molecule has 114 valence electrons. The minimum absolute atomic E-state index is 0.0887. The number of ether oxygens (including phenoxy) is 1. The van der Waals surface area contributed by atoms with Crippen molar-refractivity contribution in [2.45, 2.75) is 33.3 Å². The van der Waals surface area contributed by atoms with Gasteiger partial charge < -0.3 is 15.8 Å². The van der Waals surface area contributed by atoms with Gasteiger partial charge in [0.15, 0.2) is 6.10 Å². The number of fused-ring (bicyclic) bond motifs is 1. The molecule has 3 N–H and O–H groups in total. The highest BCUT2D eigenvalue weighted by atomic mass is 16.5. The SMILES string of the molecule is CCC1Oc2cc(N)ccc2NC1=Nc1cccc(C)c1C. The summed E-state index contributed by atoms with van der Waals surface area (Å²) >= 11 is 0. The second-order valence-electron chi connectivity index (χ2n) is 5.61. The van der Waals surface area contributed by atoms with Crippen LogP contribution in [0.1, 0.15) is 24.5 Å². The van der Waals surface area contributed by atoms with Gasteiger partial charge in [0, 0.05) is 11.8 Å². The van der Waals surface area contributed by atoms with Gasteiger partial charge in [-0.3, -0.25) is 0 Å². The highest BCUT2D eigenvalue weighted by Gasteiger charge is 2.24. The van der Waals surface area contributed by atoms with Gasteiger partial charge >= 0.3 is 0 Å². The lowest BCUT2D eigenvalue weighted by atomic mass is 10.1. The molecule has 0 fully saturated rings. The molecule has 4 heteroatoms. The third kappa shape index (κ3) is 2.64. The Labute approximate surface area is 131 Å². The van der Waals surface area contributed by atoms with Crippen LogP contribution in [0.5, 0.6) is 5.75 Å². The number of nitrogens with zero attached hydrogens (tertiary/aromatic N) is 1. The van der Waals surface area contributed by atoms with Crippen molar-refractivity contribution in [2.24, 2.45) is 4.99 Å². The van der Waals surface area contributed by atoms with Gasteiger partial charge in [0.25, 0.3) is 0 Å². The number of hydrogen-bond acceptors (Lipinski definition) is 3. The molecule has 0 aromatic heterocycles. The van der Waals surface area contributed by atoms with Gasteiger partial charge in [-0.25, -0.2) is 4.99 Å². The molecule has 0 radical (unpaired) electrons. The number of benzene rings is 2. The van der Waals surface area contributed by atoms with E-state index in [4.69, 9.17) is 15.5 Å². The fourth-order valence-corrected chi connectivity index (χ4v) is 2.53. The van der Waals surface area contributed by atoms with Crippen LogP contribution in [0.4, 0.5) is 17.1 Å². The predicted octanol–water partition coefficient (Wildman–Crippen LogP) is 4.20. The van der Waals surface area contributed by atoms with E-state index in [0.29, 0.717) is 5.69 Å². The van der Waals surface area contributed by atoms with E-state index in [2.05, 4.69) is 32.2 Å². The molecule has 0 saturated heterocycles. The summed E-state index contributed by atoms with van der Waals surface area (Å²) < 4.78 is 6.04. The molecule has 0 bridgehead atoms. The van der Waals surface area contributed by atoms with Gasteiger partial charge in [0.05, 0.1) is 11.4 Å². The molecule has 4 nitrogen and oxygen atoms in total. The van der Waals surface area contributed by atoms with Crippen molar-refractivity contribution in [3.05, 3.63) is 47.5 Å². The minimum atomic E-state index is -0.0887. The smallest absolute Gasteiger partial charge is 0.156 e. The van der Waals surface area contributed by atoms with Crippen molar-refractivity contribution < 1.29 is 4.74 Å². The molecule has 3 rings (SSSR count). The van der Waals surface area contributed by atoms with Crippen LogP contribution >= 0.6 is 0 Å². The molecule has 2 aromatic carbocycles. The number of aryl methyl sites for hydroxylation is 1. The molecule has 2 aromatic rings. The average Bonchev–Trinajstić information content (AvgIpc) is 2.51. The highest BCUT2D eigenvalue weighted by molar-refractivity contribution is 6.03. The quantitative estimate of drug-likeness (QED) is 0.816. The van der Waals surface area contributed by atoms with E-state index in [0.717, 1.165) is 29.4 Å².